The number of hydrogen-bond donors (Lipinski definition) is 1. The smallest absolute Gasteiger partial charge is 0.315 e. The lowest BCUT2D eigenvalue weighted by Gasteiger charge is -2.05. The molecular formula is C17H15N3O6. The van der Waals surface area contributed by atoms with Crippen LogP contribution in [0.3, 0.4) is 0 Å². The Morgan fingerprint density at radius 2 is 2.04 bits per heavy atom. The van der Waals surface area contributed by atoms with Crippen molar-refractivity contribution in [2.75, 3.05) is 14.2 Å². The van der Waals surface area contributed by atoms with Gasteiger partial charge in [0, 0.05) is 12.5 Å². The van der Waals surface area contributed by atoms with Crippen molar-refractivity contribution in [3.8, 4) is 28.7 Å². The lowest BCUT2D eigenvalue weighted by molar-refractivity contribution is -0.385. The summed E-state index contributed by atoms with van der Waals surface area (Å²) in [4.78, 5) is 14.6. The molecule has 0 fully saturated rings. The largest absolute Gasteiger partial charge is 0.500 e. The minimum Gasteiger partial charge on any atom is -0.500 e. The zero-order valence-corrected chi connectivity index (χ0v) is 14.0. The summed E-state index contributed by atoms with van der Waals surface area (Å²) in [5, 5.41) is 24.8. The highest BCUT2D eigenvalue weighted by molar-refractivity contribution is 5.67. The van der Waals surface area contributed by atoms with Gasteiger partial charge in [-0.25, -0.2) is 0 Å². The van der Waals surface area contributed by atoms with Gasteiger partial charge in [0.2, 0.25) is 5.75 Å². The number of nitrogens with zero attached hydrogens (tertiary/aromatic N) is 3. The number of aromatic hydroxyl groups is 1. The summed E-state index contributed by atoms with van der Waals surface area (Å²) < 4.78 is 15.3. The molecule has 0 bridgehead atoms. The molecule has 0 aliphatic carbocycles. The third-order valence-corrected chi connectivity index (χ3v) is 3.68. The molecule has 1 N–H and O–H groups in total. The maximum absolute atomic E-state index is 11.1. The number of methoxy groups -OCH3 is 2. The average Bonchev–Trinajstić information content (AvgIpc) is 3.10. The Labute approximate surface area is 147 Å². The highest BCUT2D eigenvalue weighted by Crippen LogP contribution is 2.39. The van der Waals surface area contributed by atoms with Crippen molar-refractivity contribution in [2.24, 2.45) is 0 Å². The molecule has 3 aromatic rings. The van der Waals surface area contributed by atoms with Gasteiger partial charge in [0.05, 0.1) is 24.7 Å². The number of ether oxygens (including phenoxy) is 2. The van der Waals surface area contributed by atoms with Gasteiger partial charge in [-0.2, -0.15) is 4.98 Å². The molecule has 0 aliphatic heterocycles. The molecule has 134 valence electrons. The number of phenolic OH excluding ortho intramolecular Hbond substituents is 1. The number of phenols is 1. The molecule has 1 heterocycles. The van der Waals surface area contributed by atoms with Gasteiger partial charge in [0.25, 0.3) is 5.89 Å². The van der Waals surface area contributed by atoms with E-state index in [4.69, 9.17) is 14.0 Å². The molecule has 0 saturated carbocycles. The van der Waals surface area contributed by atoms with Crippen molar-refractivity contribution in [1.29, 1.82) is 0 Å². The molecular weight excluding hydrogens is 342 g/mol. The van der Waals surface area contributed by atoms with E-state index in [1.54, 1.807) is 7.11 Å². The fourth-order valence-corrected chi connectivity index (χ4v) is 2.42. The monoisotopic (exact) mass is 357 g/mol. The zero-order chi connectivity index (χ0) is 18.7. The highest BCUT2D eigenvalue weighted by Gasteiger charge is 2.22. The summed E-state index contributed by atoms with van der Waals surface area (Å²) in [7, 11) is 2.88. The van der Waals surface area contributed by atoms with Crippen LogP contribution in [0.2, 0.25) is 0 Å². The summed E-state index contributed by atoms with van der Waals surface area (Å²) in [6.45, 7) is 0. The molecule has 0 unspecified atom stereocenters. The Kier molecular flexibility index (Phi) is 4.70. The second kappa shape index (κ2) is 7.09. The number of aromatic nitrogens is 2. The summed E-state index contributed by atoms with van der Waals surface area (Å²) >= 11 is 0. The van der Waals surface area contributed by atoms with E-state index in [-0.39, 0.29) is 17.2 Å². The zero-order valence-electron chi connectivity index (χ0n) is 14.0. The fourth-order valence-electron chi connectivity index (χ4n) is 2.42. The summed E-state index contributed by atoms with van der Waals surface area (Å²) in [5.74, 6) is 0.594. The summed E-state index contributed by atoms with van der Waals surface area (Å²) in [5.41, 5.74) is 0.689. The lowest BCUT2D eigenvalue weighted by atomic mass is 10.1. The molecule has 1 aromatic heterocycles. The quantitative estimate of drug-likeness (QED) is 0.528. The average molecular weight is 357 g/mol. The van der Waals surface area contributed by atoms with Gasteiger partial charge in [-0.15, -0.1) is 0 Å². The number of benzene rings is 2. The normalized spacial score (nSPS) is 10.5. The predicted octanol–water partition coefficient (Wildman–Crippen LogP) is 2.96. The maximum atomic E-state index is 11.1. The Morgan fingerprint density at radius 3 is 2.73 bits per heavy atom. The number of nitro benzene ring substituents is 1. The molecule has 0 saturated heterocycles. The molecule has 9 nitrogen and oxygen atoms in total. The number of nitro groups is 1. The van der Waals surface area contributed by atoms with E-state index in [0.717, 1.165) is 11.6 Å². The molecule has 0 aliphatic rings. The van der Waals surface area contributed by atoms with Crippen LogP contribution in [-0.4, -0.2) is 34.4 Å². The van der Waals surface area contributed by atoms with Crippen LogP contribution in [0.5, 0.6) is 17.2 Å². The second-order valence-corrected chi connectivity index (χ2v) is 5.35. The van der Waals surface area contributed by atoms with E-state index in [9.17, 15) is 15.2 Å². The van der Waals surface area contributed by atoms with Gasteiger partial charge in [-0.3, -0.25) is 10.1 Å². The lowest BCUT2D eigenvalue weighted by Crippen LogP contribution is -1.94. The van der Waals surface area contributed by atoms with Gasteiger partial charge in [-0.1, -0.05) is 17.3 Å². The minimum absolute atomic E-state index is 0.0539. The van der Waals surface area contributed by atoms with E-state index < -0.39 is 16.4 Å². The molecule has 3 rings (SSSR count). The third-order valence-electron chi connectivity index (χ3n) is 3.68. The van der Waals surface area contributed by atoms with Crippen LogP contribution in [-0.2, 0) is 6.42 Å². The summed E-state index contributed by atoms with van der Waals surface area (Å²) in [6.07, 6.45) is 0.401. The van der Waals surface area contributed by atoms with Crippen LogP contribution in [0, 0.1) is 10.1 Å². The van der Waals surface area contributed by atoms with E-state index >= 15 is 0 Å². The van der Waals surface area contributed by atoms with Gasteiger partial charge >= 0.3 is 5.69 Å². The van der Waals surface area contributed by atoms with Crippen molar-refractivity contribution in [3.63, 3.8) is 0 Å². The Morgan fingerprint density at radius 1 is 1.23 bits per heavy atom. The van der Waals surface area contributed by atoms with Crippen LogP contribution in [0.15, 0.2) is 40.9 Å². The maximum Gasteiger partial charge on any atom is 0.315 e. The SMILES string of the molecule is COc1cccc(Cc2noc(-c3cc(OC)c(O)c([N+](=O)[O-])c3)n2)c1. The van der Waals surface area contributed by atoms with Crippen molar-refractivity contribution in [3.05, 3.63) is 57.9 Å². The van der Waals surface area contributed by atoms with Crippen molar-refractivity contribution >= 4 is 5.69 Å². The molecule has 0 atom stereocenters. The predicted molar refractivity (Wildman–Crippen MR) is 90.4 cm³/mol. The van der Waals surface area contributed by atoms with Crippen molar-refractivity contribution in [1.82, 2.24) is 10.1 Å². The number of rotatable bonds is 6. The first-order valence-corrected chi connectivity index (χ1v) is 7.53. The first-order chi connectivity index (χ1) is 12.5. The minimum atomic E-state index is -0.713. The topological polar surface area (TPSA) is 121 Å². The third kappa shape index (κ3) is 3.41. The molecule has 9 heteroatoms. The standard InChI is InChI=1S/C17H15N3O6/c1-24-12-5-3-4-10(6-12)7-15-18-17(26-19-15)11-8-13(20(22)23)16(21)14(9-11)25-2/h3-6,8-9,21H,7H2,1-2H3. The van der Waals surface area contributed by atoms with Crippen LogP contribution in [0.1, 0.15) is 11.4 Å². The van der Waals surface area contributed by atoms with E-state index in [2.05, 4.69) is 10.1 Å². The van der Waals surface area contributed by atoms with Gasteiger partial charge in [-0.05, 0) is 23.8 Å². The second-order valence-electron chi connectivity index (χ2n) is 5.35. The van der Waals surface area contributed by atoms with Gasteiger partial charge in [0.15, 0.2) is 11.6 Å². The first kappa shape index (κ1) is 17.2. The van der Waals surface area contributed by atoms with E-state index in [1.165, 1.54) is 13.2 Å². The Bertz CT molecular complexity index is 953. The Balaban J connectivity index is 1.92. The number of hydrogen-bond acceptors (Lipinski definition) is 8. The first-order valence-electron chi connectivity index (χ1n) is 7.53. The van der Waals surface area contributed by atoms with Crippen LogP contribution >= 0.6 is 0 Å². The van der Waals surface area contributed by atoms with Gasteiger partial charge in [0.1, 0.15) is 5.75 Å². The molecule has 2 aromatic carbocycles. The van der Waals surface area contributed by atoms with Crippen molar-refractivity contribution < 1.29 is 24.0 Å². The fraction of sp³-hybridized carbons (Fsp3) is 0.176. The van der Waals surface area contributed by atoms with E-state index in [0.29, 0.717) is 18.0 Å². The molecule has 0 radical (unpaired) electrons. The molecule has 26 heavy (non-hydrogen) atoms. The van der Waals surface area contributed by atoms with Gasteiger partial charge < -0.3 is 19.1 Å². The van der Waals surface area contributed by atoms with Crippen LogP contribution in [0.25, 0.3) is 11.5 Å². The molecule has 0 spiro atoms. The summed E-state index contributed by atoms with van der Waals surface area (Å²) in [6, 6.07) is 9.97. The molecule has 0 amide bonds. The van der Waals surface area contributed by atoms with Crippen LogP contribution < -0.4 is 9.47 Å². The van der Waals surface area contributed by atoms with E-state index in [1.807, 2.05) is 24.3 Å². The van der Waals surface area contributed by atoms with Crippen LogP contribution in [0.4, 0.5) is 5.69 Å². The Hall–Kier alpha value is -3.62. The highest BCUT2D eigenvalue weighted by atomic mass is 16.6. The van der Waals surface area contributed by atoms with Crippen molar-refractivity contribution in [2.45, 2.75) is 6.42 Å².